The molecule has 0 fully saturated rings. The average molecular weight is 753 g/mol. The van der Waals surface area contributed by atoms with Gasteiger partial charge in [-0.1, -0.05) is 19.1 Å². The monoisotopic (exact) mass is 752 g/mol. The second-order valence-electron chi connectivity index (χ2n) is 13.6. The number of aliphatic hydroxyl groups excluding tert-OH is 1. The van der Waals surface area contributed by atoms with Gasteiger partial charge in [0.05, 0.1) is 41.5 Å². The van der Waals surface area contributed by atoms with Crippen molar-refractivity contribution in [2.24, 2.45) is 5.92 Å². The van der Waals surface area contributed by atoms with E-state index in [9.17, 15) is 41.0 Å². The summed E-state index contributed by atoms with van der Waals surface area (Å²) in [5.74, 6) is -0.452. The minimum Gasteiger partial charge on any atom is -0.490 e. The number of hydrogen-bond donors (Lipinski definition) is 3. The van der Waals surface area contributed by atoms with Crippen molar-refractivity contribution < 1.29 is 50.5 Å². The number of carbonyl (C=O) groups excluding carboxylic acids is 2. The van der Waals surface area contributed by atoms with E-state index in [1.54, 1.807) is 19.1 Å². The highest BCUT2D eigenvalue weighted by molar-refractivity contribution is 6.02. The number of amides is 3. The molecule has 0 radical (unpaired) electrons. The van der Waals surface area contributed by atoms with Crippen LogP contribution >= 0.6 is 0 Å². The van der Waals surface area contributed by atoms with Crippen LogP contribution in [0.4, 0.5) is 42.5 Å². The van der Waals surface area contributed by atoms with Crippen LogP contribution in [0.5, 0.6) is 5.75 Å². The van der Waals surface area contributed by atoms with E-state index in [1.807, 2.05) is 25.8 Å². The lowest BCUT2D eigenvalue weighted by Gasteiger charge is -2.36. The van der Waals surface area contributed by atoms with Crippen molar-refractivity contribution in [2.45, 2.75) is 77.2 Å². The summed E-state index contributed by atoms with van der Waals surface area (Å²) >= 11 is 0. The predicted octanol–water partition coefficient (Wildman–Crippen LogP) is 8.30. The molecule has 0 saturated heterocycles. The first-order chi connectivity index (χ1) is 24.9. The van der Waals surface area contributed by atoms with Gasteiger partial charge in [0.15, 0.2) is 0 Å². The zero-order valence-corrected chi connectivity index (χ0v) is 30.1. The topological polar surface area (TPSA) is 103 Å². The van der Waals surface area contributed by atoms with Crippen molar-refractivity contribution in [1.82, 2.24) is 9.80 Å². The van der Waals surface area contributed by atoms with Crippen molar-refractivity contribution >= 4 is 23.3 Å². The number of aliphatic hydroxyl groups is 1. The number of carbonyl (C=O) groups is 2. The molecule has 1 aliphatic heterocycles. The number of fused-ring (bicyclic) bond motifs is 1. The number of anilines is 2. The Kier molecular flexibility index (Phi) is 14.2. The minimum absolute atomic E-state index is 0.126. The Bertz CT molecular complexity index is 1650. The fourth-order valence-electron chi connectivity index (χ4n) is 5.98. The van der Waals surface area contributed by atoms with Crippen LogP contribution in [-0.2, 0) is 23.6 Å². The van der Waals surface area contributed by atoms with Crippen LogP contribution in [0.3, 0.4) is 0 Å². The molecular weight excluding hydrogens is 706 g/mol. The van der Waals surface area contributed by atoms with Crippen molar-refractivity contribution in [1.29, 1.82) is 0 Å². The number of hydrogen-bond acceptors (Lipinski definition) is 6. The molecule has 3 N–H and O–H groups in total. The second kappa shape index (κ2) is 18.1. The Morgan fingerprint density at radius 3 is 2.11 bits per heavy atom. The molecule has 290 valence electrons. The lowest BCUT2D eigenvalue weighted by molar-refractivity contribution is -0.138. The number of nitrogens with zero attached hydrogens (tertiary/aromatic N) is 2. The fraction of sp³-hybridized carbons (Fsp3) is 0.474. The number of ether oxygens (including phenoxy) is 2. The van der Waals surface area contributed by atoms with Gasteiger partial charge in [0, 0.05) is 43.5 Å². The normalized spacial score (nSPS) is 19.9. The first-order valence-electron chi connectivity index (χ1n) is 17.4. The van der Waals surface area contributed by atoms with E-state index in [1.165, 1.54) is 23.1 Å². The second-order valence-corrected chi connectivity index (χ2v) is 13.6. The van der Waals surface area contributed by atoms with Gasteiger partial charge in [-0.2, -0.15) is 26.3 Å². The average Bonchev–Trinajstić information content (AvgIpc) is 3.09. The highest BCUT2D eigenvalue weighted by Crippen LogP contribution is 2.32. The number of halogens is 6. The standard InChI is InChI=1S/C38H46F6N4O5/c1-24-20-48(25(2)23-49)35(50)32-19-31(46-36(51)45-30-14-12-29(13-15-30)38(42,43)44)16-17-33(32)53-26(3)7-5-6-18-52-34(24)22-47(4)21-27-8-10-28(11-9-27)37(39,40)41/h8-17,19,24-26,34,49H,5-7,18,20-23H2,1-4H3,(H2,45,46,51)/t24-,25+,26-,34+/m0/s1. The van der Waals surface area contributed by atoms with E-state index in [0.717, 1.165) is 49.2 Å². The van der Waals surface area contributed by atoms with Crippen LogP contribution in [0.2, 0.25) is 0 Å². The maximum absolute atomic E-state index is 14.4. The van der Waals surface area contributed by atoms with E-state index in [2.05, 4.69) is 10.6 Å². The van der Waals surface area contributed by atoms with Crippen LogP contribution in [0.25, 0.3) is 0 Å². The summed E-state index contributed by atoms with van der Waals surface area (Å²) in [6.45, 7) is 6.54. The molecule has 1 aliphatic rings. The Morgan fingerprint density at radius 2 is 1.51 bits per heavy atom. The molecule has 0 saturated carbocycles. The van der Waals surface area contributed by atoms with E-state index in [4.69, 9.17) is 9.47 Å². The van der Waals surface area contributed by atoms with Crippen LogP contribution < -0.4 is 15.4 Å². The lowest BCUT2D eigenvalue weighted by Crippen LogP contribution is -2.47. The van der Waals surface area contributed by atoms with E-state index in [0.29, 0.717) is 31.7 Å². The van der Waals surface area contributed by atoms with Gasteiger partial charge in [-0.25, -0.2) is 4.79 Å². The van der Waals surface area contributed by atoms with Gasteiger partial charge in [0.25, 0.3) is 5.91 Å². The van der Waals surface area contributed by atoms with Crippen LogP contribution in [-0.4, -0.2) is 78.4 Å². The van der Waals surface area contributed by atoms with E-state index < -0.39 is 41.5 Å². The maximum atomic E-state index is 14.4. The van der Waals surface area contributed by atoms with Crippen molar-refractivity contribution in [2.75, 3.05) is 44.0 Å². The zero-order chi connectivity index (χ0) is 38.9. The largest absolute Gasteiger partial charge is 0.490 e. The molecule has 4 rings (SSSR count). The summed E-state index contributed by atoms with van der Waals surface area (Å²) in [6.07, 6.45) is -7.47. The van der Waals surface area contributed by atoms with Gasteiger partial charge in [0.2, 0.25) is 0 Å². The SMILES string of the molecule is C[C@H](CO)N1C[C@H](C)[C@@H](CN(C)Cc2ccc(C(F)(F)F)cc2)OCCCC[C@H](C)Oc2ccc(NC(=O)Nc3ccc(C(F)(F)F)cc3)cc2C1=O. The molecule has 0 aromatic heterocycles. The molecule has 3 aromatic carbocycles. The number of alkyl halides is 6. The summed E-state index contributed by atoms with van der Waals surface area (Å²) < 4.78 is 90.7. The van der Waals surface area contributed by atoms with Crippen LogP contribution in [0.15, 0.2) is 66.7 Å². The number of nitrogens with one attached hydrogen (secondary N) is 2. The summed E-state index contributed by atoms with van der Waals surface area (Å²) in [5.41, 5.74) is -0.412. The maximum Gasteiger partial charge on any atom is 0.416 e. The summed E-state index contributed by atoms with van der Waals surface area (Å²) in [6, 6.07) is 12.2. The van der Waals surface area contributed by atoms with Crippen molar-refractivity contribution in [3.63, 3.8) is 0 Å². The summed E-state index contributed by atoms with van der Waals surface area (Å²) in [5, 5.41) is 15.3. The molecule has 53 heavy (non-hydrogen) atoms. The van der Waals surface area contributed by atoms with Gasteiger partial charge >= 0.3 is 18.4 Å². The van der Waals surface area contributed by atoms with E-state index >= 15 is 0 Å². The highest BCUT2D eigenvalue weighted by Gasteiger charge is 2.32. The van der Waals surface area contributed by atoms with Crippen molar-refractivity contribution in [3.8, 4) is 5.75 Å². The van der Waals surface area contributed by atoms with Crippen LogP contribution in [0, 0.1) is 5.92 Å². The molecule has 0 bridgehead atoms. The molecule has 3 aromatic rings. The third-order valence-corrected chi connectivity index (χ3v) is 9.00. The molecule has 3 amide bonds. The molecule has 4 atom stereocenters. The third kappa shape index (κ3) is 12.1. The molecular formula is C38H46F6N4O5. The molecule has 15 heteroatoms. The van der Waals surface area contributed by atoms with Gasteiger partial charge in [-0.3, -0.25) is 9.69 Å². The lowest BCUT2D eigenvalue weighted by atomic mass is 10.0. The number of urea groups is 1. The molecule has 1 heterocycles. The minimum atomic E-state index is -4.52. The molecule has 0 unspecified atom stereocenters. The smallest absolute Gasteiger partial charge is 0.416 e. The summed E-state index contributed by atoms with van der Waals surface area (Å²) in [7, 11) is 1.84. The Morgan fingerprint density at radius 1 is 0.925 bits per heavy atom. The Labute approximate surface area is 305 Å². The first kappa shape index (κ1) is 41.4. The Hall–Kier alpha value is -4.34. The molecule has 0 spiro atoms. The van der Waals surface area contributed by atoms with Gasteiger partial charge in [0.1, 0.15) is 5.75 Å². The van der Waals surface area contributed by atoms with Crippen molar-refractivity contribution in [3.05, 3.63) is 89.0 Å². The number of benzene rings is 3. The quantitative estimate of drug-likeness (QED) is 0.200. The van der Waals surface area contributed by atoms with Crippen LogP contribution in [0.1, 0.15) is 67.1 Å². The predicted molar refractivity (Wildman–Crippen MR) is 189 cm³/mol. The van der Waals surface area contributed by atoms with Gasteiger partial charge < -0.3 is 30.1 Å². The van der Waals surface area contributed by atoms with E-state index in [-0.39, 0.29) is 54.0 Å². The third-order valence-electron chi connectivity index (χ3n) is 9.00. The number of likely N-dealkylation sites (N-methyl/N-ethyl adjacent to an activating group) is 1. The first-order valence-corrected chi connectivity index (χ1v) is 17.4. The molecule has 9 nitrogen and oxygen atoms in total. The van der Waals surface area contributed by atoms with Gasteiger partial charge in [-0.05, 0) is 100 Å². The molecule has 0 aliphatic carbocycles. The fourth-order valence-corrected chi connectivity index (χ4v) is 5.98. The Balaban J connectivity index is 1.55. The van der Waals surface area contributed by atoms with Gasteiger partial charge in [-0.15, -0.1) is 0 Å². The summed E-state index contributed by atoms with van der Waals surface area (Å²) in [4.78, 5) is 30.7. The number of rotatable bonds is 8. The highest BCUT2D eigenvalue weighted by atomic mass is 19.4. The zero-order valence-electron chi connectivity index (χ0n) is 30.1.